The van der Waals surface area contributed by atoms with Crippen molar-refractivity contribution in [3.8, 4) is 6.07 Å². The van der Waals surface area contributed by atoms with E-state index >= 15 is 0 Å². The lowest BCUT2D eigenvalue weighted by Gasteiger charge is -2.16. The quantitative estimate of drug-likeness (QED) is 0.892. The average Bonchev–Trinajstić information content (AvgIpc) is 2.83. The highest BCUT2D eigenvalue weighted by atomic mass is 16.3. The van der Waals surface area contributed by atoms with Gasteiger partial charge < -0.3 is 9.67 Å². The highest BCUT2D eigenvalue weighted by Gasteiger charge is 2.19. The van der Waals surface area contributed by atoms with E-state index in [0.29, 0.717) is 12.2 Å². The van der Waals surface area contributed by atoms with E-state index in [1.807, 2.05) is 18.3 Å². The Kier molecular flexibility index (Phi) is 3.06. The summed E-state index contributed by atoms with van der Waals surface area (Å²) in [6.07, 6.45) is 8.40. The molecule has 96 valence electrons. The van der Waals surface area contributed by atoms with Crippen LogP contribution in [0.2, 0.25) is 0 Å². The first-order valence-electron chi connectivity index (χ1n) is 6.48. The van der Waals surface area contributed by atoms with Gasteiger partial charge in [0.1, 0.15) is 11.8 Å². The number of rotatable bonds is 2. The number of aryl methyl sites for hydroxylation is 1. The van der Waals surface area contributed by atoms with E-state index in [2.05, 4.69) is 15.7 Å². The van der Waals surface area contributed by atoms with Gasteiger partial charge in [0.25, 0.3) is 0 Å². The molecule has 4 nitrogen and oxygen atoms in total. The Morgan fingerprint density at radius 2 is 2.37 bits per heavy atom. The van der Waals surface area contributed by atoms with Crippen LogP contribution >= 0.6 is 0 Å². The van der Waals surface area contributed by atoms with Gasteiger partial charge in [-0.3, -0.25) is 0 Å². The Bertz CT molecular complexity index is 639. The molecule has 0 aliphatic heterocycles. The van der Waals surface area contributed by atoms with Gasteiger partial charge in [0, 0.05) is 30.7 Å². The van der Waals surface area contributed by atoms with E-state index in [0.717, 1.165) is 30.4 Å². The third-order valence-corrected chi connectivity index (χ3v) is 3.58. The summed E-state index contributed by atoms with van der Waals surface area (Å²) >= 11 is 0. The minimum Gasteiger partial charge on any atom is -0.388 e. The van der Waals surface area contributed by atoms with Crippen molar-refractivity contribution in [2.75, 3.05) is 0 Å². The second-order valence-corrected chi connectivity index (χ2v) is 4.98. The van der Waals surface area contributed by atoms with Gasteiger partial charge in [-0.05, 0) is 42.5 Å². The molecular formula is C15H15N3O. The number of hydrogen-bond acceptors (Lipinski definition) is 3. The van der Waals surface area contributed by atoms with Gasteiger partial charge in [-0.15, -0.1) is 0 Å². The summed E-state index contributed by atoms with van der Waals surface area (Å²) in [5.74, 6) is 0. The van der Waals surface area contributed by atoms with Gasteiger partial charge in [-0.25, -0.2) is 4.98 Å². The number of fused-ring (bicyclic) bond motifs is 1. The predicted octanol–water partition coefficient (Wildman–Crippen LogP) is 2.17. The van der Waals surface area contributed by atoms with Gasteiger partial charge in [-0.1, -0.05) is 0 Å². The Morgan fingerprint density at radius 3 is 3.16 bits per heavy atom. The monoisotopic (exact) mass is 253 g/mol. The van der Waals surface area contributed by atoms with Crippen molar-refractivity contribution < 1.29 is 5.11 Å². The Hall–Kier alpha value is -2.12. The van der Waals surface area contributed by atoms with Crippen LogP contribution in [-0.2, 0) is 13.0 Å². The molecule has 0 saturated carbocycles. The Morgan fingerprint density at radius 1 is 1.47 bits per heavy atom. The van der Waals surface area contributed by atoms with E-state index in [4.69, 9.17) is 5.26 Å². The molecule has 0 spiro atoms. The molecule has 2 aromatic rings. The Labute approximate surface area is 111 Å². The van der Waals surface area contributed by atoms with Crippen LogP contribution in [-0.4, -0.2) is 14.7 Å². The molecule has 19 heavy (non-hydrogen) atoms. The van der Waals surface area contributed by atoms with E-state index < -0.39 is 0 Å². The summed E-state index contributed by atoms with van der Waals surface area (Å²) < 4.78 is 2.08. The molecular weight excluding hydrogens is 238 g/mol. The fourth-order valence-electron chi connectivity index (χ4n) is 2.66. The van der Waals surface area contributed by atoms with Crippen molar-refractivity contribution in [1.29, 1.82) is 5.26 Å². The van der Waals surface area contributed by atoms with Gasteiger partial charge in [-0.2, -0.15) is 5.26 Å². The highest BCUT2D eigenvalue weighted by molar-refractivity contribution is 5.31. The molecule has 0 amide bonds. The first-order chi connectivity index (χ1) is 9.26. The van der Waals surface area contributed by atoms with Crippen LogP contribution in [0.25, 0.3) is 0 Å². The molecule has 2 aromatic heterocycles. The fraction of sp³-hybridized carbons (Fsp3) is 0.333. The number of aliphatic hydroxyl groups is 1. The molecule has 1 atom stereocenters. The molecule has 1 N–H and O–H groups in total. The molecule has 1 unspecified atom stereocenters. The minimum atomic E-state index is -0.322. The lowest BCUT2D eigenvalue weighted by Crippen LogP contribution is -2.05. The average molecular weight is 253 g/mol. The van der Waals surface area contributed by atoms with Crippen LogP contribution in [0.3, 0.4) is 0 Å². The zero-order chi connectivity index (χ0) is 13.2. The molecule has 3 rings (SSSR count). The molecule has 4 heteroatoms. The molecule has 1 aliphatic rings. The second kappa shape index (κ2) is 4.87. The summed E-state index contributed by atoms with van der Waals surface area (Å²) in [5, 5.41) is 18.8. The van der Waals surface area contributed by atoms with E-state index in [1.54, 1.807) is 12.3 Å². The van der Waals surface area contributed by atoms with Crippen molar-refractivity contribution in [3.63, 3.8) is 0 Å². The van der Waals surface area contributed by atoms with Gasteiger partial charge in [0.2, 0.25) is 0 Å². The van der Waals surface area contributed by atoms with E-state index in [9.17, 15) is 5.11 Å². The zero-order valence-corrected chi connectivity index (χ0v) is 10.6. The SMILES string of the molecule is N#Cc1cc(Cn2cc3c(c2)C(O)CCC3)ccn1. The van der Waals surface area contributed by atoms with Crippen molar-refractivity contribution in [1.82, 2.24) is 9.55 Å². The minimum absolute atomic E-state index is 0.322. The first kappa shape index (κ1) is 11.9. The van der Waals surface area contributed by atoms with Crippen LogP contribution < -0.4 is 0 Å². The second-order valence-electron chi connectivity index (χ2n) is 4.98. The molecule has 0 fully saturated rings. The molecule has 0 bridgehead atoms. The summed E-state index contributed by atoms with van der Waals surface area (Å²) in [6, 6.07) is 5.76. The van der Waals surface area contributed by atoms with Gasteiger partial charge in [0.05, 0.1) is 6.10 Å². The molecule has 0 radical (unpaired) electrons. The molecule has 0 aromatic carbocycles. The van der Waals surface area contributed by atoms with Crippen molar-refractivity contribution in [2.24, 2.45) is 0 Å². The smallest absolute Gasteiger partial charge is 0.140 e. The number of nitrogens with zero attached hydrogens (tertiary/aromatic N) is 3. The maximum absolute atomic E-state index is 9.96. The normalized spacial score (nSPS) is 17.8. The summed E-state index contributed by atoms with van der Waals surface area (Å²) in [6.45, 7) is 0.705. The van der Waals surface area contributed by atoms with Crippen molar-refractivity contribution in [2.45, 2.75) is 31.9 Å². The summed E-state index contributed by atoms with van der Waals surface area (Å²) in [7, 11) is 0. The van der Waals surface area contributed by atoms with Gasteiger partial charge in [0.15, 0.2) is 0 Å². The molecule has 1 aliphatic carbocycles. The van der Waals surface area contributed by atoms with Crippen LogP contribution in [0.1, 0.15) is 41.3 Å². The van der Waals surface area contributed by atoms with Gasteiger partial charge >= 0.3 is 0 Å². The first-order valence-corrected chi connectivity index (χ1v) is 6.48. The maximum atomic E-state index is 9.96. The third-order valence-electron chi connectivity index (χ3n) is 3.58. The lowest BCUT2D eigenvalue weighted by atomic mass is 9.93. The number of pyridine rings is 1. The van der Waals surface area contributed by atoms with Crippen LogP contribution in [0.5, 0.6) is 0 Å². The van der Waals surface area contributed by atoms with Crippen molar-refractivity contribution in [3.05, 3.63) is 53.1 Å². The molecule has 0 saturated heterocycles. The number of hydrogen-bond donors (Lipinski definition) is 1. The number of aromatic nitrogens is 2. The van der Waals surface area contributed by atoms with E-state index in [1.165, 1.54) is 5.56 Å². The van der Waals surface area contributed by atoms with E-state index in [-0.39, 0.29) is 6.10 Å². The van der Waals surface area contributed by atoms with Crippen molar-refractivity contribution >= 4 is 0 Å². The van der Waals surface area contributed by atoms with Crippen LogP contribution in [0.15, 0.2) is 30.7 Å². The highest BCUT2D eigenvalue weighted by Crippen LogP contribution is 2.30. The maximum Gasteiger partial charge on any atom is 0.140 e. The lowest BCUT2D eigenvalue weighted by molar-refractivity contribution is 0.157. The zero-order valence-electron chi connectivity index (χ0n) is 10.6. The summed E-state index contributed by atoms with van der Waals surface area (Å²) in [4.78, 5) is 3.97. The predicted molar refractivity (Wildman–Crippen MR) is 70.4 cm³/mol. The van der Waals surface area contributed by atoms with Crippen LogP contribution in [0, 0.1) is 11.3 Å². The third kappa shape index (κ3) is 2.38. The standard InChI is InChI=1S/C15H15N3O/c16-7-13-6-11(4-5-17-13)8-18-9-12-2-1-3-15(19)14(12)10-18/h4-6,9-10,15,19H,1-3,8H2. The van der Waals surface area contributed by atoms with Crippen LogP contribution in [0.4, 0.5) is 0 Å². The Balaban J connectivity index is 1.86. The number of nitriles is 1. The number of aliphatic hydroxyl groups excluding tert-OH is 1. The fourth-order valence-corrected chi connectivity index (χ4v) is 2.66. The largest absolute Gasteiger partial charge is 0.388 e. The summed E-state index contributed by atoms with van der Waals surface area (Å²) in [5.41, 5.74) is 3.79. The molecule has 2 heterocycles. The topological polar surface area (TPSA) is 61.8 Å².